The summed E-state index contributed by atoms with van der Waals surface area (Å²) >= 11 is 0. The summed E-state index contributed by atoms with van der Waals surface area (Å²) in [6.07, 6.45) is 0.291. The summed E-state index contributed by atoms with van der Waals surface area (Å²) in [6, 6.07) is 0. The summed E-state index contributed by atoms with van der Waals surface area (Å²) in [5.74, 6) is 0.470. The van der Waals surface area contributed by atoms with Crippen molar-refractivity contribution in [2.24, 2.45) is 7.05 Å². The molecule has 6 nitrogen and oxygen atoms in total. The number of rotatable bonds is 1. The van der Waals surface area contributed by atoms with Crippen LogP contribution in [-0.2, 0) is 17.4 Å². The third kappa shape index (κ3) is 1.13. The first kappa shape index (κ1) is 8.58. The molecule has 1 aliphatic rings. The third-order valence-corrected chi connectivity index (χ3v) is 2.53. The monoisotopic (exact) mass is 184 g/mol. The predicted octanol–water partition coefficient (Wildman–Crippen LogP) is -0.794. The smallest absolute Gasteiger partial charge is 0.185 e. The number of tetrazole rings is 1. The molecule has 0 spiro atoms. The average Bonchev–Trinajstić information content (AvgIpc) is 2.62. The van der Waals surface area contributed by atoms with Gasteiger partial charge in [0.15, 0.2) is 11.4 Å². The fourth-order valence-electron chi connectivity index (χ4n) is 1.62. The topological polar surface area (TPSA) is 73.1 Å². The Kier molecular flexibility index (Phi) is 1.81. The molecule has 2 rings (SSSR count). The van der Waals surface area contributed by atoms with Crippen molar-refractivity contribution in [3.8, 4) is 0 Å². The molecular weight excluding hydrogens is 172 g/mol. The lowest BCUT2D eigenvalue weighted by atomic mass is 9.96. The molecule has 1 fully saturated rings. The summed E-state index contributed by atoms with van der Waals surface area (Å²) < 4.78 is 6.77. The second-order valence-electron chi connectivity index (χ2n) is 3.31. The molecule has 0 bridgehead atoms. The first-order chi connectivity index (χ1) is 6.14. The summed E-state index contributed by atoms with van der Waals surface area (Å²) in [4.78, 5) is 0. The van der Waals surface area contributed by atoms with Crippen LogP contribution < -0.4 is 0 Å². The van der Waals surface area contributed by atoms with Gasteiger partial charge < -0.3 is 9.84 Å². The number of ether oxygens (including phenoxy) is 1. The van der Waals surface area contributed by atoms with Crippen LogP contribution in [0.15, 0.2) is 0 Å². The molecule has 0 aromatic carbocycles. The van der Waals surface area contributed by atoms with Crippen LogP contribution in [0.1, 0.15) is 19.2 Å². The highest BCUT2D eigenvalue weighted by molar-refractivity contribution is 5.05. The van der Waals surface area contributed by atoms with Gasteiger partial charge >= 0.3 is 0 Å². The zero-order chi connectivity index (χ0) is 9.47. The lowest BCUT2D eigenvalue weighted by Crippen LogP contribution is -2.36. The Morgan fingerprint density at radius 2 is 2.46 bits per heavy atom. The second-order valence-corrected chi connectivity index (χ2v) is 3.31. The summed E-state index contributed by atoms with van der Waals surface area (Å²) in [7, 11) is 1.71. The molecule has 2 heterocycles. The van der Waals surface area contributed by atoms with Gasteiger partial charge in [0.1, 0.15) is 0 Å². The van der Waals surface area contributed by atoms with Crippen molar-refractivity contribution in [1.82, 2.24) is 20.2 Å². The molecule has 1 saturated heterocycles. The minimum Gasteiger partial charge on any atom is -0.379 e. The van der Waals surface area contributed by atoms with Crippen LogP contribution in [0.2, 0.25) is 0 Å². The van der Waals surface area contributed by atoms with E-state index in [1.807, 2.05) is 6.92 Å². The molecule has 1 aromatic rings. The van der Waals surface area contributed by atoms with Gasteiger partial charge in [-0.25, -0.2) is 4.68 Å². The van der Waals surface area contributed by atoms with Crippen molar-refractivity contribution >= 4 is 0 Å². The van der Waals surface area contributed by atoms with E-state index < -0.39 is 5.60 Å². The largest absolute Gasteiger partial charge is 0.379 e. The second kappa shape index (κ2) is 2.74. The van der Waals surface area contributed by atoms with Crippen LogP contribution in [0.4, 0.5) is 0 Å². The van der Waals surface area contributed by atoms with Crippen LogP contribution in [0.5, 0.6) is 0 Å². The average molecular weight is 184 g/mol. The highest BCUT2D eigenvalue weighted by Gasteiger charge is 2.45. The Bertz CT molecular complexity index is 313. The van der Waals surface area contributed by atoms with Crippen molar-refractivity contribution in [2.75, 3.05) is 6.61 Å². The zero-order valence-corrected chi connectivity index (χ0v) is 7.64. The number of nitrogens with zero attached hydrogens (tertiary/aromatic N) is 4. The maximum atomic E-state index is 10.2. The van der Waals surface area contributed by atoms with Crippen molar-refractivity contribution in [3.63, 3.8) is 0 Å². The van der Waals surface area contributed by atoms with E-state index in [1.165, 1.54) is 4.68 Å². The molecule has 1 aromatic heterocycles. The van der Waals surface area contributed by atoms with Gasteiger partial charge in [0.05, 0.1) is 12.7 Å². The van der Waals surface area contributed by atoms with E-state index in [4.69, 9.17) is 4.74 Å². The molecule has 0 aliphatic carbocycles. The molecule has 0 amide bonds. The van der Waals surface area contributed by atoms with Crippen LogP contribution in [0.25, 0.3) is 0 Å². The Labute approximate surface area is 75.5 Å². The van der Waals surface area contributed by atoms with Crippen molar-refractivity contribution in [3.05, 3.63) is 5.82 Å². The SMILES string of the molecule is CC1OCCC1(O)c1nnnn1C. The van der Waals surface area contributed by atoms with Gasteiger partial charge in [-0.05, 0) is 17.4 Å². The number of hydrogen-bond acceptors (Lipinski definition) is 5. The van der Waals surface area contributed by atoms with Crippen LogP contribution in [-0.4, -0.2) is 38.0 Å². The zero-order valence-electron chi connectivity index (χ0n) is 7.64. The molecule has 13 heavy (non-hydrogen) atoms. The quantitative estimate of drug-likeness (QED) is 0.619. The molecule has 72 valence electrons. The molecule has 2 unspecified atom stereocenters. The van der Waals surface area contributed by atoms with E-state index in [0.29, 0.717) is 18.9 Å². The number of aryl methyl sites for hydroxylation is 1. The molecule has 6 heteroatoms. The normalized spacial score (nSPS) is 33.9. The van der Waals surface area contributed by atoms with Crippen molar-refractivity contribution in [2.45, 2.75) is 25.0 Å². The minimum absolute atomic E-state index is 0.253. The standard InChI is InChI=1S/C7H12N4O2/c1-5-7(12,3-4-13-5)6-8-9-10-11(6)2/h5,12H,3-4H2,1-2H3. The molecule has 1 aliphatic heterocycles. The molecular formula is C7H12N4O2. The van der Waals surface area contributed by atoms with Gasteiger partial charge in [-0.1, -0.05) is 0 Å². The molecule has 0 saturated carbocycles. The van der Waals surface area contributed by atoms with E-state index in [9.17, 15) is 5.11 Å². The van der Waals surface area contributed by atoms with Crippen LogP contribution in [0.3, 0.4) is 0 Å². The van der Waals surface area contributed by atoms with Gasteiger partial charge in [0, 0.05) is 13.5 Å². The Hall–Kier alpha value is -1.01. The lowest BCUT2D eigenvalue weighted by molar-refractivity contribution is -0.0404. The van der Waals surface area contributed by atoms with Gasteiger partial charge in [-0.3, -0.25) is 0 Å². The first-order valence-electron chi connectivity index (χ1n) is 4.21. The van der Waals surface area contributed by atoms with Gasteiger partial charge in [0.25, 0.3) is 0 Å². The Balaban J connectivity index is 2.39. The lowest BCUT2D eigenvalue weighted by Gasteiger charge is -2.23. The van der Waals surface area contributed by atoms with Crippen molar-refractivity contribution < 1.29 is 9.84 Å². The first-order valence-corrected chi connectivity index (χ1v) is 4.21. The third-order valence-electron chi connectivity index (χ3n) is 2.53. The molecule has 2 atom stereocenters. The van der Waals surface area contributed by atoms with Crippen LogP contribution >= 0.6 is 0 Å². The Morgan fingerprint density at radius 1 is 1.69 bits per heavy atom. The van der Waals surface area contributed by atoms with Gasteiger partial charge in [0.2, 0.25) is 0 Å². The fourth-order valence-corrected chi connectivity index (χ4v) is 1.62. The van der Waals surface area contributed by atoms with E-state index in [1.54, 1.807) is 7.05 Å². The summed E-state index contributed by atoms with van der Waals surface area (Å²) in [6.45, 7) is 2.37. The number of aliphatic hydroxyl groups is 1. The maximum Gasteiger partial charge on any atom is 0.185 e. The number of hydrogen-bond donors (Lipinski definition) is 1. The summed E-state index contributed by atoms with van der Waals surface area (Å²) in [5, 5.41) is 21.2. The van der Waals surface area contributed by atoms with Gasteiger partial charge in [-0.15, -0.1) is 5.10 Å². The van der Waals surface area contributed by atoms with Crippen LogP contribution in [0, 0.1) is 0 Å². The highest BCUT2D eigenvalue weighted by Crippen LogP contribution is 2.33. The van der Waals surface area contributed by atoms with Crippen molar-refractivity contribution in [1.29, 1.82) is 0 Å². The minimum atomic E-state index is -1.03. The van der Waals surface area contributed by atoms with Gasteiger partial charge in [-0.2, -0.15) is 0 Å². The van der Waals surface area contributed by atoms with E-state index in [0.717, 1.165) is 0 Å². The van der Waals surface area contributed by atoms with E-state index in [-0.39, 0.29) is 6.10 Å². The maximum absolute atomic E-state index is 10.2. The Morgan fingerprint density at radius 3 is 2.92 bits per heavy atom. The fraction of sp³-hybridized carbons (Fsp3) is 0.857. The molecule has 0 radical (unpaired) electrons. The van der Waals surface area contributed by atoms with E-state index >= 15 is 0 Å². The predicted molar refractivity (Wildman–Crippen MR) is 42.7 cm³/mol. The number of aromatic nitrogens is 4. The summed E-state index contributed by atoms with van der Waals surface area (Å²) in [5.41, 5.74) is -1.03. The van der Waals surface area contributed by atoms with E-state index in [2.05, 4.69) is 15.5 Å². The molecule has 1 N–H and O–H groups in total. The highest BCUT2D eigenvalue weighted by atomic mass is 16.5.